The zero-order valence-electron chi connectivity index (χ0n) is 18.7. The van der Waals surface area contributed by atoms with Gasteiger partial charge in [-0.2, -0.15) is 17.0 Å². The topological polar surface area (TPSA) is 73.0 Å². The number of rotatable bonds is 7. The van der Waals surface area contributed by atoms with E-state index in [1.54, 1.807) is 8.61 Å². The van der Waals surface area contributed by atoms with E-state index in [0.29, 0.717) is 45.6 Å². The van der Waals surface area contributed by atoms with Crippen LogP contribution in [0, 0.1) is 11.3 Å². The summed E-state index contributed by atoms with van der Waals surface area (Å²) in [6.07, 6.45) is 1.89. The second kappa shape index (κ2) is 9.34. The lowest BCUT2D eigenvalue weighted by atomic mass is 9.91. The molecule has 2 aliphatic rings. The van der Waals surface area contributed by atoms with Gasteiger partial charge in [0.05, 0.1) is 0 Å². The van der Waals surface area contributed by atoms with Crippen LogP contribution in [0.3, 0.4) is 0 Å². The maximum absolute atomic E-state index is 13.1. The van der Waals surface area contributed by atoms with Crippen LogP contribution in [0.2, 0.25) is 0 Å². The van der Waals surface area contributed by atoms with E-state index in [-0.39, 0.29) is 17.2 Å². The van der Waals surface area contributed by atoms with Gasteiger partial charge in [-0.25, -0.2) is 0 Å². The van der Waals surface area contributed by atoms with Gasteiger partial charge in [-0.1, -0.05) is 38.1 Å². The molecule has 3 rings (SSSR count). The first kappa shape index (κ1) is 23.2. The predicted molar refractivity (Wildman–Crippen MR) is 119 cm³/mol. The minimum Gasteiger partial charge on any atom is -0.355 e. The fourth-order valence-corrected chi connectivity index (χ4v) is 6.18. The minimum atomic E-state index is -3.50. The van der Waals surface area contributed by atoms with E-state index in [9.17, 15) is 13.2 Å². The van der Waals surface area contributed by atoms with Gasteiger partial charge in [-0.3, -0.25) is 4.79 Å². The van der Waals surface area contributed by atoms with Gasteiger partial charge in [0, 0.05) is 45.2 Å². The number of benzene rings is 1. The van der Waals surface area contributed by atoms with Crippen molar-refractivity contribution in [3.63, 3.8) is 0 Å². The second-order valence-electron chi connectivity index (χ2n) is 9.65. The summed E-state index contributed by atoms with van der Waals surface area (Å²) in [7, 11) is 0.560. The van der Waals surface area contributed by atoms with Crippen molar-refractivity contribution in [2.45, 2.75) is 39.7 Å². The Balaban J connectivity index is 1.52. The summed E-state index contributed by atoms with van der Waals surface area (Å²) in [5.41, 5.74) is 2.31. The molecule has 0 aromatic heterocycles. The molecule has 2 heterocycles. The van der Waals surface area contributed by atoms with Crippen LogP contribution in [0.15, 0.2) is 24.3 Å². The van der Waals surface area contributed by atoms with Gasteiger partial charge in [0.1, 0.15) is 0 Å². The predicted octanol–water partition coefficient (Wildman–Crippen LogP) is 1.71. The summed E-state index contributed by atoms with van der Waals surface area (Å²) in [6, 6.07) is 8.04. The molecule has 7 nitrogen and oxygen atoms in total. The molecule has 0 atom stereocenters. The van der Waals surface area contributed by atoms with Gasteiger partial charge in [0.25, 0.3) is 10.2 Å². The molecule has 0 radical (unpaired) electrons. The van der Waals surface area contributed by atoms with Gasteiger partial charge in [0.15, 0.2) is 0 Å². The third-order valence-corrected chi connectivity index (χ3v) is 8.04. The Morgan fingerprint density at radius 1 is 1.10 bits per heavy atom. The van der Waals surface area contributed by atoms with Crippen LogP contribution in [-0.2, 0) is 28.0 Å². The first-order valence-electron chi connectivity index (χ1n) is 10.8. The van der Waals surface area contributed by atoms with E-state index in [0.717, 1.165) is 18.5 Å². The SMILES string of the molecule is CN(C)CC(C)(C)CNC(=O)C1CCN(S(=O)(=O)N2CCc3ccccc3C2)CC1. The highest BCUT2D eigenvalue weighted by Crippen LogP contribution is 2.26. The maximum Gasteiger partial charge on any atom is 0.282 e. The molecular formula is C22H36N4O3S. The molecule has 1 aromatic rings. The maximum atomic E-state index is 13.1. The summed E-state index contributed by atoms with van der Waals surface area (Å²) < 4.78 is 29.4. The molecule has 0 spiro atoms. The highest BCUT2D eigenvalue weighted by Gasteiger charge is 2.36. The van der Waals surface area contributed by atoms with Crippen molar-refractivity contribution in [1.29, 1.82) is 0 Å². The van der Waals surface area contributed by atoms with Crippen LogP contribution < -0.4 is 5.32 Å². The number of fused-ring (bicyclic) bond motifs is 1. The molecule has 1 N–H and O–H groups in total. The fraction of sp³-hybridized carbons (Fsp3) is 0.682. The van der Waals surface area contributed by atoms with Gasteiger partial charge in [-0.05, 0) is 49.9 Å². The summed E-state index contributed by atoms with van der Waals surface area (Å²) in [4.78, 5) is 14.7. The van der Waals surface area contributed by atoms with Gasteiger partial charge >= 0.3 is 0 Å². The lowest BCUT2D eigenvalue weighted by Gasteiger charge is -2.36. The van der Waals surface area contributed by atoms with Crippen molar-refractivity contribution < 1.29 is 13.2 Å². The highest BCUT2D eigenvalue weighted by atomic mass is 32.2. The van der Waals surface area contributed by atoms with Crippen molar-refractivity contribution in [3.8, 4) is 0 Å². The monoisotopic (exact) mass is 436 g/mol. The van der Waals surface area contributed by atoms with Crippen LogP contribution in [0.5, 0.6) is 0 Å². The van der Waals surface area contributed by atoms with Crippen molar-refractivity contribution in [3.05, 3.63) is 35.4 Å². The van der Waals surface area contributed by atoms with E-state index in [1.165, 1.54) is 5.56 Å². The van der Waals surface area contributed by atoms with Crippen molar-refractivity contribution >= 4 is 16.1 Å². The van der Waals surface area contributed by atoms with Crippen LogP contribution in [-0.4, -0.2) is 74.7 Å². The number of hydrogen-bond donors (Lipinski definition) is 1. The van der Waals surface area contributed by atoms with Crippen molar-refractivity contribution in [2.75, 3.05) is 46.8 Å². The standard InChI is InChI=1S/C22H36N4O3S/c1-22(2,17-24(3)4)16-23-21(27)19-10-12-25(13-11-19)30(28,29)26-14-9-18-7-5-6-8-20(18)15-26/h5-8,19H,9-17H2,1-4H3,(H,23,27). The van der Waals surface area contributed by atoms with E-state index in [4.69, 9.17) is 0 Å². The Labute approximate surface area is 181 Å². The van der Waals surface area contributed by atoms with E-state index in [2.05, 4.69) is 30.1 Å². The number of amides is 1. The number of carbonyl (C=O) groups is 1. The third kappa shape index (κ3) is 5.60. The molecule has 30 heavy (non-hydrogen) atoms. The average molecular weight is 437 g/mol. The second-order valence-corrected chi connectivity index (χ2v) is 11.6. The van der Waals surface area contributed by atoms with Gasteiger partial charge < -0.3 is 10.2 Å². The number of nitrogens with zero attached hydrogens (tertiary/aromatic N) is 3. The molecular weight excluding hydrogens is 400 g/mol. The number of carbonyl (C=O) groups excluding carboxylic acids is 1. The van der Waals surface area contributed by atoms with E-state index in [1.807, 2.05) is 32.3 Å². The Kier molecular flexibility index (Phi) is 7.22. The molecule has 0 bridgehead atoms. The Hall–Kier alpha value is -1.48. The molecule has 1 fully saturated rings. The van der Waals surface area contributed by atoms with E-state index < -0.39 is 10.2 Å². The Bertz CT molecular complexity index is 846. The molecule has 1 saturated heterocycles. The van der Waals surface area contributed by atoms with Crippen LogP contribution in [0.25, 0.3) is 0 Å². The van der Waals surface area contributed by atoms with Crippen LogP contribution >= 0.6 is 0 Å². The Morgan fingerprint density at radius 2 is 1.73 bits per heavy atom. The van der Waals surface area contributed by atoms with Gasteiger partial charge in [0.2, 0.25) is 5.91 Å². The third-order valence-electron chi connectivity index (χ3n) is 6.06. The first-order valence-corrected chi connectivity index (χ1v) is 12.2. The largest absolute Gasteiger partial charge is 0.355 e. The zero-order valence-corrected chi connectivity index (χ0v) is 19.5. The quantitative estimate of drug-likeness (QED) is 0.706. The van der Waals surface area contributed by atoms with Crippen molar-refractivity contribution in [2.24, 2.45) is 11.3 Å². The van der Waals surface area contributed by atoms with Crippen molar-refractivity contribution in [1.82, 2.24) is 18.8 Å². The smallest absolute Gasteiger partial charge is 0.282 e. The molecule has 1 aromatic carbocycles. The fourth-order valence-electron chi connectivity index (χ4n) is 4.56. The Morgan fingerprint density at radius 3 is 2.37 bits per heavy atom. The summed E-state index contributed by atoms with van der Waals surface area (Å²) in [5, 5.41) is 3.08. The minimum absolute atomic E-state index is 0.00620. The lowest BCUT2D eigenvalue weighted by Crippen LogP contribution is -2.50. The van der Waals surface area contributed by atoms with Gasteiger partial charge in [-0.15, -0.1) is 0 Å². The molecule has 0 aliphatic carbocycles. The van der Waals surface area contributed by atoms with E-state index >= 15 is 0 Å². The molecule has 0 unspecified atom stereocenters. The number of nitrogens with one attached hydrogen (secondary N) is 1. The highest BCUT2D eigenvalue weighted by molar-refractivity contribution is 7.86. The number of hydrogen-bond acceptors (Lipinski definition) is 4. The number of piperidine rings is 1. The average Bonchev–Trinajstić information content (AvgIpc) is 2.71. The van der Waals surface area contributed by atoms with Crippen LogP contribution in [0.1, 0.15) is 37.8 Å². The molecule has 8 heteroatoms. The summed E-state index contributed by atoms with van der Waals surface area (Å²) in [6.45, 7) is 7.54. The zero-order chi connectivity index (χ0) is 21.9. The lowest BCUT2D eigenvalue weighted by molar-refractivity contribution is -0.126. The molecule has 0 saturated carbocycles. The first-order chi connectivity index (χ1) is 14.1. The van der Waals surface area contributed by atoms with Crippen LogP contribution in [0.4, 0.5) is 0 Å². The molecule has 168 valence electrons. The summed E-state index contributed by atoms with van der Waals surface area (Å²) >= 11 is 0. The molecule has 1 amide bonds. The normalized spacial score (nSPS) is 19.6. The summed E-state index contributed by atoms with van der Waals surface area (Å²) in [5.74, 6) is -0.0699. The molecule has 2 aliphatic heterocycles.